The van der Waals surface area contributed by atoms with Gasteiger partial charge in [-0.3, -0.25) is 9.89 Å². The average molecular weight is 288 g/mol. The molecule has 0 unspecified atom stereocenters. The van der Waals surface area contributed by atoms with E-state index < -0.39 is 5.91 Å². The molecule has 3 N–H and O–H groups in total. The van der Waals surface area contributed by atoms with Crippen molar-refractivity contribution in [3.05, 3.63) is 27.7 Å². The molecule has 102 valence electrons. The maximum absolute atomic E-state index is 12.0. The van der Waals surface area contributed by atoms with Gasteiger partial charge in [-0.25, -0.2) is 4.98 Å². The van der Waals surface area contributed by atoms with Gasteiger partial charge in [0.25, 0.3) is 5.91 Å². The molecule has 0 aliphatic carbocycles. The Hall–Kier alpha value is -2.24. The Morgan fingerprint density at radius 2 is 2.40 bits per heavy atom. The van der Waals surface area contributed by atoms with Gasteiger partial charge in [0.05, 0.1) is 5.56 Å². The van der Waals surface area contributed by atoms with E-state index in [1.807, 2.05) is 0 Å². The van der Waals surface area contributed by atoms with Gasteiger partial charge in [-0.05, 0) is 25.5 Å². The fourth-order valence-electron chi connectivity index (χ4n) is 2.14. The van der Waals surface area contributed by atoms with E-state index in [1.165, 1.54) is 11.3 Å². The Labute approximate surface area is 119 Å². The number of fused-ring (bicyclic) bond motifs is 1. The Morgan fingerprint density at radius 3 is 3.10 bits per heavy atom. The van der Waals surface area contributed by atoms with Crippen LogP contribution in [0.2, 0.25) is 0 Å². The first-order valence-electron chi connectivity index (χ1n) is 6.14. The summed E-state index contributed by atoms with van der Waals surface area (Å²) in [5.41, 5.74) is 1.60. The van der Waals surface area contributed by atoms with E-state index in [0.717, 1.165) is 30.0 Å². The summed E-state index contributed by atoms with van der Waals surface area (Å²) in [4.78, 5) is 17.1. The van der Waals surface area contributed by atoms with Crippen LogP contribution in [0.15, 0.2) is 0 Å². The second kappa shape index (κ2) is 5.03. The summed E-state index contributed by atoms with van der Waals surface area (Å²) >= 11 is 1.43. The quantitative estimate of drug-likeness (QED) is 0.762. The summed E-state index contributed by atoms with van der Waals surface area (Å²) < 4.78 is 0. The number of aryl methyl sites for hydroxylation is 1. The Kier molecular flexibility index (Phi) is 3.22. The van der Waals surface area contributed by atoms with Gasteiger partial charge >= 0.3 is 0 Å². The number of H-pyrrole nitrogens is 1. The van der Waals surface area contributed by atoms with Crippen LogP contribution in [-0.2, 0) is 13.0 Å². The molecule has 7 nitrogen and oxygen atoms in total. The number of rotatable bonds is 2. The van der Waals surface area contributed by atoms with Gasteiger partial charge in [0.1, 0.15) is 16.9 Å². The molecule has 2 aromatic rings. The maximum atomic E-state index is 12.0. The van der Waals surface area contributed by atoms with E-state index in [0.29, 0.717) is 16.4 Å². The molecule has 0 radical (unpaired) electrons. The van der Waals surface area contributed by atoms with Crippen LogP contribution in [0, 0.1) is 18.3 Å². The Balaban J connectivity index is 1.89. The molecule has 1 amide bonds. The van der Waals surface area contributed by atoms with Gasteiger partial charge in [-0.2, -0.15) is 5.26 Å². The van der Waals surface area contributed by atoms with Crippen molar-refractivity contribution in [1.29, 1.82) is 5.26 Å². The zero-order valence-corrected chi connectivity index (χ0v) is 11.6. The zero-order valence-electron chi connectivity index (χ0n) is 10.8. The zero-order chi connectivity index (χ0) is 14.1. The fraction of sp³-hybridized carbons (Fsp3) is 0.333. The van der Waals surface area contributed by atoms with Crippen LogP contribution in [0.25, 0.3) is 0 Å². The molecule has 8 heteroatoms. The second-order valence-electron chi connectivity index (χ2n) is 4.45. The van der Waals surface area contributed by atoms with Gasteiger partial charge in [0, 0.05) is 11.4 Å². The number of thiophene rings is 1. The average Bonchev–Trinajstić information content (AvgIpc) is 3.01. The molecule has 0 spiro atoms. The smallest absolute Gasteiger partial charge is 0.295 e. The highest BCUT2D eigenvalue weighted by Gasteiger charge is 2.22. The maximum Gasteiger partial charge on any atom is 0.295 e. The molecule has 1 aliphatic heterocycles. The molecule has 3 rings (SSSR count). The lowest BCUT2D eigenvalue weighted by atomic mass is 10.1. The minimum atomic E-state index is -0.405. The largest absolute Gasteiger partial charge is 0.312 e. The predicted octanol–water partition coefficient (Wildman–Crippen LogP) is 0.944. The first-order valence-corrected chi connectivity index (χ1v) is 6.96. The van der Waals surface area contributed by atoms with Crippen LogP contribution < -0.4 is 10.6 Å². The first-order chi connectivity index (χ1) is 9.69. The topological polar surface area (TPSA) is 106 Å². The number of nitrogens with one attached hydrogen (secondary N) is 3. The van der Waals surface area contributed by atoms with E-state index in [4.69, 9.17) is 0 Å². The second-order valence-corrected chi connectivity index (χ2v) is 5.55. The van der Waals surface area contributed by atoms with Crippen LogP contribution in [-0.4, -0.2) is 27.6 Å². The normalized spacial score (nSPS) is 13.6. The molecule has 0 atom stereocenters. The number of carbonyl (C=O) groups excluding carboxylic acids is 1. The van der Waals surface area contributed by atoms with Gasteiger partial charge in [-0.15, -0.1) is 16.4 Å². The van der Waals surface area contributed by atoms with Gasteiger partial charge in [-0.1, -0.05) is 0 Å². The lowest BCUT2D eigenvalue weighted by molar-refractivity contribution is 0.101. The molecule has 20 heavy (non-hydrogen) atoms. The van der Waals surface area contributed by atoms with E-state index >= 15 is 0 Å². The minimum absolute atomic E-state index is 0.0795. The SMILES string of the molecule is Cc1nc(C(=O)Nc2sc3c(c2C#N)CCNC3)n[nH]1. The van der Waals surface area contributed by atoms with E-state index in [9.17, 15) is 10.1 Å². The van der Waals surface area contributed by atoms with Crippen molar-refractivity contribution >= 4 is 22.2 Å². The van der Waals surface area contributed by atoms with Crippen LogP contribution in [0.1, 0.15) is 32.4 Å². The van der Waals surface area contributed by atoms with Crippen molar-refractivity contribution in [3.8, 4) is 6.07 Å². The summed E-state index contributed by atoms with van der Waals surface area (Å²) in [6.07, 6.45) is 0.810. The summed E-state index contributed by atoms with van der Waals surface area (Å²) in [5, 5.41) is 22.3. The van der Waals surface area contributed by atoms with E-state index in [2.05, 4.69) is 31.9 Å². The number of nitrogens with zero attached hydrogens (tertiary/aromatic N) is 3. The third-order valence-corrected chi connectivity index (χ3v) is 4.21. The van der Waals surface area contributed by atoms with Crippen molar-refractivity contribution in [2.45, 2.75) is 19.9 Å². The molecule has 2 aromatic heterocycles. The van der Waals surface area contributed by atoms with E-state index in [1.54, 1.807) is 6.92 Å². The summed E-state index contributed by atoms with van der Waals surface area (Å²) in [6.45, 7) is 3.32. The molecule has 3 heterocycles. The fourth-order valence-corrected chi connectivity index (χ4v) is 3.31. The predicted molar refractivity (Wildman–Crippen MR) is 73.5 cm³/mol. The van der Waals surface area contributed by atoms with Crippen molar-refractivity contribution in [2.75, 3.05) is 11.9 Å². The highest BCUT2D eigenvalue weighted by Crippen LogP contribution is 2.34. The number of anilines is 1. The molecular formula is C12H12N6OS. The van der Waals surface area contributed by atoms with Crippen LogP contribution in [0.5, 0.6) is 0 Å². The summed E-state index contributed by atoms with van der Waals surface area (Å²) in [7, 11) is 0. The Morgan fingerprint density at radius 1 is 1.55 bits per heavy atom. The number of carbonyl (C=O) groups is 1. The number of nitriles is 1. The minimum Gasteiger partial charge on any atom is -0.312 e. The molecule has 0 aromatic carbocycles. The Bertz CT molecular complexity index is 710. The number of aromatic amines is 1. The summed E-state index contributed by atoms with van der Waals surface area (Å²) in [6, 6.07) is 2.19. The van der Waals surface area contributed by atoms with Crippen molar-refractivity contribution in [3.63, 3.8) is 0 Å². The van der Waals surface area contributed by atoms with Gasteiger partial charge in [0.15, 0.2) is 0 Å². The molecule has 1 aliphatic rings. The van der Waals surface area contributed by atoms with Crippen molar-refractivity contribution < 1.29 is 4.79 Å². The molecule has 0 saturated heterocycles. The monoisotopic (exact) mass is 288 g/mol. The van der Waals surface area contributed by atoms with Crippen LogP contribution in [0.3, 0.4) is 0 Å². The van der Waals surface area contributed by atoms with Crippen LogP contribution >= 0.6 is 11.3 Å². The standard InChI is InChI=1S/C12H12N6OS/c1-6-15-10(18-17-6)11(19)16-12-8(4-13)7-2-3-14-5-9(7)20-12/h14H,2-3,5H2,1H3,(H,16,19)(H,15,17,18). The molecule has 0 bridgehead atoms. The van der Waals surface area contributed by atoms with Crippen molar-refractivity contribution in [2.24, 2.45) is 0 Å². The third-order valence-electron chi connectivity index (χ3n) is 3.07. The highest BCUT2D eigenvalue weighted by atomic mass is 32.1. The third kappa shape index (κ3) is 2.17. The first kappa shape index (κ1) is 12.8. The highest BCUT2D eigenvalue weighted by molar-refractivity contribution is 7.16. The molecular weight excluding hydrogens is 276 g/mol. The number of amides is 1. The summed E-state index contributed by atoms with van der Waals surface area (Å²) in [5.74, 6) is 0.249. The molecule has 0 saturated carbocycles. The lowest BCUT2D eigenvalue weighted by Gasteiger charge is -2.11. The van der Waals surface area contributed by atoms with Crippen LogP contribution in [0.4, 0.5) is 5.00 Å². The van der Waals surface area contributed by atoms with Crippen molar-refractivity contribution in [1.82, 2.24) is 20.5 Å². The number of hydrogen-bond acceptors (Lipinski definition) is 6. The van der Waals surface area contributed by atoms with Gasteiger partial charge in [0.2, 0.25) is 5.82 Å². The van der Waals surface area contributed by atoms with E-state index in [-0.39, 0.29) is 5.82 Å². The number of aromatic nitrogens is 3. The lowest BCUT2D eigenvalue weighted by Crippen LogP contribution is -2.22. The number of hydrogen-bond donors (Lipinski definition) is 3. The molecule has 0 fully saturated rings. The van der Waals surface area contributed by atoms with Gasteiger partial charge < -0.3 is 10.6 Å².